The van der Waals surface area contributed by atoms with E-state index in [1.807, 2.05) is 12.1 Å². The Kier molecular flexibility index (Phi) is 3.55. The standard InChI is InChI=1S/C12H14F3N3O/c1-18(7-12(13,14)15)11(19)10-6-16-8-4-2-3-5-9(8)17-10/h2-5,10,16-17H,6-7H2,1H3. The molecule has 0 saturated carbocycles. The van der Waals surface area contributed by atoms with E-state index in [9.17, 15) is 18.0 Å². The summed E-state index contributed by atoms with van der Waals surface area (Å²) in [6.07, 6.45) is -4.38. The van der Waals surface area contributed by atoms with Gasteiger partial charge < -0.3 is 15.5 Å². The summed E-state index contributed by atoms with van der Waals surface area (Å²) in [5, 5.41) is 5.96. The van der Waals surface area contributed by atoms with Crippen molar-refractivity contribution in [3.63, 3.8) is 0 Å². The quantitative estimate of drug-likeness (QED) is 0.865. The van der Waals surface area contributed by atoms with Gasteiger partial charge in [0.1, 0.15) is 12.6 Å². The van der Waals surface area contributed by atoms with Crippen LogP contribution in [0, 0.1) is 0 Å². The Bertz CT molecular complexity index is 476. The van der Waals surface area contributed by atoms with Gasteiger partial charge in [-0.3, -0.25) is 4.79 Å². The number of anilines is 2. The van der Waals surface area contributed by atoms with Crippen LogP contribution in [0.2, 0.25) is 0 Å². The van der Waals surface area contributed by atoms with Crippen molar-refractivity contribution in [3.8, 4) is 0 Å². The Morgan fingerprint density at radius 2 is 2.00 bits per heavy atom. The lowest BCUT2D eigenvalue weighted by molar-refractivity contribution is -0.158. The molecule has 19 heavy (non-hydrogen) atoms. The smallest absolute Gasteiger partial charge is 0.381 e. The van der Waals surface area contributed by atoms with Crippen LogP contribution < -0.4 is 10.6 Å². The summed E-state index contributed by atoms with van der Waals surface area (Å²) in [7, 11) is 1.15. The first-order valence-electron chi connectivity index (χ1n) is 5.78. The van der Waals surface area contributed by atoms with Crippen LogP contribution in [0.5, 0.6) is 0 Å². The zero-order valence-corrected chi connectivity index (χ0v) is 10.3. The van der Waals surface area contributed by atoms with E-state index in [1.54, 1.807) is 12.1 Å². The second-order valence-corrected chi connectivity index (χ2v) is 4.43. The molecule has 0 fully saturated rings. The number of amides is 1. The minimum Gasteiger partial charge on any atom is -0.381 e. The molecule has 7 heteroatoms. The van der Waals surface area contributed by atoms with Crippen molar-refractivity contribution >= 4 is 17.3 Å². The highest BCUT2D eigenvalue weighted by Gasteiger charge is 2.34. The number of nitrogens with zero attached hydrogens (tertiary/aromatic N) is 1. The zero-order valence-electron chi connectivity index (χ0n) is 10.3. The Labute approximate surface area is 108 Å². The Morgan fingerprint density at radius 1 is 1.37 bits per heavy atom. The van der Waals surface area contributed by atoms with Gasteiger partial charge in [-0.25, -0.2) is 0 Å². The van der Waals surface area contributed by atoms with E-state index in [2.05, 4.69) is 10.6 Å². The lowest BCUT2D eigenvalue weighted by Crippen LogP contribution is -2.49. The van der Waals surface area contributed by atoms with E-state index in [4.69, 9.17) is 0 Å². The van der Waals surface area contributed by atoms with E-state index in [-0.39, 0.29) is 6.54 Å². The number of alkyl halides is 3. The molecule has 1 aliphatic rings. The van der Waals surface area contributed by atoms with Crippen molar-refractivity contribution in [1.29, 1.82) is 0 Å². The molecule has 0 saturated heterocycles. The van der Waals surface area contributed by atoms with E-state index >= 15 is 0 Å². The topological polar surface area (TPSA) is 44.4 Å². The van der Waals surface area contributed by atoms with Gasteiger partial charge in [-0.1, -0.05) is 12.1 Å². The van der Waals surface area contributed by atoms with Crippen molar-refractivity contribution in [2.24, 2.45) is 0 Å². The largest absolute Gasteiger partial charge is 0.406 e. The number of carbonyl (C=O) groups is 1. The first-order chi connectivity index (χ1) is 8.87. The van der Waals surface area contributed by atoms with Crippen LogP contribution in [-0.4, -0.2) is 43.2 Å². The number of halogens is 3. The number of hydrogen-bond acceptors (Lipinski definition) is 3. The molecule has 2 N–H and O–H groups in total. The molecule has 1 aromatic rings. The predicted molar refractivity (Wildman–Crippen MR) is 66.0 cm³/mol. The molecular weight excluding hydrogens is 259 g/mol. The summed E-state index contributed by atoms with van der Waals surface area (Å²) in [4.78, 5) is 12.6. The molecule has 0 bridgehead atoms. The minimum absolute atomic E-state index is 0.262. The highest BCUT2D eigenvalue weighted by molar-refractivity contribution is 5.88. The summed E-state index contributed by atoms with van der Waals surface area (Å²) in [5.74, 6) is -0.584. The fourth-order valence-electron chi connectivity index (χ4n) is 1.98. The summed E-state index contributed by atoms with van der Waals surface area (Å²) >= 11 is 0. The lowest BCUT2D eigenvalue weighted by Gasteiger charge is -2.30. The lowest BCUT2D eigenvalue weighted by atomic mass is 10.1. The highest BCUT2D eigenvalue weighted by atomic mass is 19.4. The molecule has 0 aromatic heterocycles. The number of hydrogen-bond donors (Lipinski definition) is 2. The number of likely N-dealkylation sites (N-methyl/N-ethyl adjacent to an activating group) is 1. The van der Waals surface area contributed by atoms with Crippen LogP contribution in [-0.2, 0) is 4.79 Å². The fourth-order valence-corrected chi connectivity index (χ4v) is 1.98. The molecule has 0 radical (unpaired) electrons. The molecule has 0 spiro atoms. The number of rotatable bonds is 2. The minimum atomic E-state index is -4.38. The van der Waals surface area contributed by atoms with Gasteiger partial charge in [0.2, 0.25) is 5.91 Å². The number of fused-ring (bicyclic) bond motifs is 1. The first kappa shape index (κ1) is 13.5. The van der Waals surface area contributed by atoms with E-state index < -0.39 is 24.7 Å². The normalized spacial score (nSPS) is 18.0. The fraction of sp³-hybridized carbons (Fsp3) is 0.417. The van der Waals surface area contributed by atoms with E-state index in [1.165, 1.54) is 0 Å². The van der Waals surface area contributed by atoms with Gasteiger partial charge in [0.25, 0.3) is 0 Å². The third-order valence-corrected chi connectivity index (χ3v) is 2.84. The Hall–Kier alpha value is -1.92. The van der Waals surface area contributed by atoms with Crippen molar-refractivity contribution < 1.29 is 18.0 Å². The molecule has 1 amide bonds. The number of para-hydroxylation sites is 2. The van der Waals surface area contributed by atoms with Gasteiger partial charge in [-0.05, 0) is 12.1 Å². The van der Waals surface area contributed by atoms with Gasteiger partial charge in [0.15, 0.2) is 0 Å². The molecule has 1 aliphatic heterocycles. The summed E-state index contributed by atoms with van der Waals surface area (Å²) < 4.78 is 36.7. The van der Waals surface area contributed by atoms with Crippen LogP contribution in [0.25, 0.3) is 0 Å². The molecule has 1 unspecified atom stereocenters. The third kappa shape index (κ3) is 3.30. The van der Waals surface area contributed by atoms with Crippen LogP contribution >= 0.6 is 0 Å². The molecule has 1 atom stereocenters. The Morgan fingerprint density at radius 3 is 2.63 bits per heavy atom. The van der Waals surface area contributed by atoms with Gasteiger partial charge in [-0.15, -0.1) is 0 Å². The monoisotopic (exact) mass is 273 g/mol. The second kappa shape index (κ2) is 4.99. The van der Waals surface area contributed by atoms with Crippen LogP contribution in [0.4, 0.5) is 24.5 Å². The van der Waals surface area contributed by atoms with Crippen molar-refractivity contribution in [3.05, 3.63) is 24.3 Å². The Balaban J connectivity index is 2.03. The molecule has 2 rings (SSSR count). The predicted octanol–water partition coefficient (Wildman–Crippen LogP) is 1.91. The number of benzene rings is 1. The van der Waals surface area contributed by atoms with Gasteiger partial charge >= 0.3 is 6.18 Å². The maximum absolute atomic E-state index is 12.2. The molecule has 104 valence electrons. The average Bonchev–Trinajstić information content (AvgIpc) is 2.35. The van der Waals surface area contributed by atoms with E-state index in [0.29, 0.717) is 10.6 Å². The summed E-state index contributed by atoms with van der Waals surface area (Å²) in [5.41, 5.74) is 1.55. The van der Waals surface area contributed by atoms with Gasteiger partial charge in [0, 0.05) is 13.6 Å². The maximum Gasteiger partial charge on any atom is 0.406 e. The van der Waals surface area contributed by atoms with E-state index in [0.717, 1.165) is 12.7 Å². The van der Waals surface area contributed by atoms with Crippen molar-refractivity contribution in [2.45, 2.75) is 12.2 Å². The molecule has 0 aliphatic carbocycles. The highest BCUT2D eigenvalue weighted by Crippen LogP contribution is 2.26. The SMILES string of the molecule is CN(CC(F)(F)F)C(=O)C1CNc2ccccc2N1. The molecule has 4 nitrogen and oxygen atoms in total. The van der Waals surface area contributed by atoms with Crippen molar-refractivity contribution in [1.82, 2.24) is 4.90 Å². The zero-order chi connectivity index (χ0) is 14.0. The van der Waals surface area contributed by atoms with Crippen LogP contribution in [0.1, 0.15) is 0 Å². The second-order valence-electron chi connectivity index (χ2n) is 4.43. The summed E-state index contributed by atoms with van der Waals surface area (Å²) in [6, 6.07) is 6.54. The van der Waals surface area contributed by atoms with Gasteiger partial charge in [-0.2, -0.15) is 13.2 Å². The van der Waals surface area contributed by atoms with Crippen LogP contribution in [0.3, 0.4) is 0 Å². The maximum atomic E-state index is 12.2. The van der Waals surface area contributed by atoms with Gasteiger partial charge in [0.05, 0.1) is 11.4 Å². The average molecular weight is 273 g/mol. The van der Waals surface area contributed by atoms with Crippen molar-refractivity contribution in [2.75, 3.05) is 30.8 Å². The number of carbonyl (C=O) groups excluding carboxylic acids is 1. The molecular formula is C12H14F3N3O. The first-order valence-corrected chi connectivity index (χ1v) is 5.78. The van der Waals surface area contributed by atoms with Crippen LogP contribution in [0.15, 0.2) is 24.3 Å². The summed E-state index contributed by atoms with van der Waals surface area (Å²) in [6.45, 7) is -0.982. The molecule has 1 heterocycles. The third-order valence-electron chi connectivity index (χ3n) is 2.84. The molecule has 1 aromatic carbocycles. The number of nitrogens with one attached hydrogen (secondary N) is 2.